The van der Waals surface area contributed by atoms with Crippen molar-refractivity contribution in [1.29, 1.82) is 0 Å². The average Bonchev–Trinajstić information content (AvgIpc) is 3.40. The summed E-state index contributed by atoms with van der Waals surface area (Å²) in [6, 6.07) is 7.48. The Morgan fingerprint density at radius 1 is 1.20 bits per heavy atom. The van der Waals surface area contributed by atoms with E-state index in [1.165, 1.54) is 6.07 Å². The quantitative estimate of drug-likeness (QED) is 0.644. The first kappa shape index (κ1) is 21.2. The molecule has 3 heterocycles. The number of nitrogens with one attached hydrogen (secondary N) is 3. The highest BCUT2D eigenvalue weighted by atomic mass is 35.5. The van der Waals surface area contributed by atoms with E-state index in [2.05, 4.69) is 15.6 Å². The summed E-state index contributed by atoms with van der Waals surface area (Å²) in [7, 11) is -3.93. The summed E-state index contributed by atoms with van der Waals surface area (Å²) in [4.78, 5) is 14.8. The SMILES string of the molecule is Cc1ccc(NS(=O)(=O)c2ccc(C3NNCC3C(=O)N3CCCCC3)o2)cc1Cl. The van der Waals surface area contributed by atoms with E-state index < -0.39 is 16.1 Å². The number of hydrazine groups is 1. The zero-order chi connectivity index (χ0) is 21.3. The summed E-state index contributed by atoms with van der Waals surface area (Å²) >= 11 is 6.08. The van der Waals surface area contributed by atoms with Gasteiger partial charge in [-0.25, -0.2) is 5.43 Å². The molecule has 0 spiro atoms. The van der Waals surface area contributed by atoms with E-state index in [1.54, 1.807) is 24.3 Å². The van der Waals surface area contributed by atoms with E-state index in [1.807, 2.05) is 11.8 Å². The molecule has 2 aliphatic rings. The Morgan fingerprint density at radius 2 is 1.97 bits per heavy atom. The summed E-state index contributed by atoms with van der Waals surface area (Å²) in [5.41, 5.74) is 7.25. The standard InChI is InChI=1S/C20H25ClN4O4S/c1-13-5-6-14(11-16(13)21)24-30(27,28)18-8-7-17(29-18)19-15(12-22-23-19)20(26)25-9-3-2-4-10-25/h5-8,11,15,19,22-24H,2-4,9-10,12H2,1H3. The molecule has 1 aromatic heterocycles. The molecule has 0 radical (unpaired) electrons. The Balaban J connectivity index is 1.50. The summed E-state index contributed by atoms with van der Waals surface area (Å²) in [6.45, 7) is 3.83. The predicted molar refractivity (Wildman–Crippen MR) is 114 cm³/mol. The second-order valence-electron chi connectivity index (χ2n) is 7.72. The van der Waals surface area contributed by atoms with Gasteiger partial charge in [-0.15, -0.1) is 0 Å². The first-order valence-electron chi connectivity index (χ1n) is 10.0. The third-order valence-corrected chi connectivity index (χ3v) is 7.23. The van der Waals surface area contributed by atoms with Crippen LogP contribution in [0.25, 0.3) is 0 Å². The van der Waals surface area contributed by atoms with Gasteiger partial charge < -0.3 is 9.32 Å². The maximum absolute atomic E-state index is 12.9. The molecule has 0 saturated carbocycles. The average molecular weight is 453 g/mol. The normalized spacial score (nSPS) is 22.3. The summed E-state index contributed by atoms with van der Waals surface area (Å²) in [6.07, 6.45) is 3.18. The largest absolute Gasteiger partial charge is 0.446 e. The van der Waals surface area contributed by atoms with E-state index in [4.69, 9.17) is 16.0 Å². The lowest BCUT2D eigenvalue weighted by Crippen LogP contribution is -2.42. The number of amides is 1. The number of likely N-dealkylation sites (tertiary alicyclic amines) is 1. The molecule has 2 fully saturated rings. The van der Waals surface area contributed by atoms with Crippen molar-refractivity contribution in [1.82, 2.24) is 15.8 Å². The fraction of sp³-hybridized carbons (Fsp3) is 0.450. The lowest BCUT2D eigenvalue weighted by atomic mass is 9.97. The Labute approximate surface area is 181 Å². The summed E-state index contributed by atoms with van der Waals surface area (Å²) in [5.74, 6) is 0.108. The molecular formula is C20H25ClN4O4S. The van der Waals surface area contributed by atoms with E-state index in [0.717, 1.165) is 37.9 Å². The van der Waals surface area contributed by atoms with E-state index in [-0.39, 0.29) is 16.9 Å². The molecule has 0 aliphatic carbocycles. The number of carbonyl (C=O) groups is 1. The van der Waals surface area contributed by atoms with Crippen LogP contribution in [0.3, 0.4) is 0 Å². The zero-order valence-electron chi connectivity index (χ0n) is 16.7. The van der Waals surface area contributed by atoms with Crippen molar-refractivity contribution in [2.45, 2.75) is 37.3 Å². The highest BCUT2D eigenvalue weighted by Gasteiger charge is 2.39. The van der Waals surface area contributed by atoms with Crippen molar-refractivity contribution in [3.8, 4) is 0 Å². The van der Waals surface area contributed by atoms with Crippen LogP contribution in [-0.4, -0.2) is 38.9 Å². The van der Waals surface area contributed by atoms with Crippen LogP contribution in [-0.2, 0) is 14.8 Å². The number of hydrogen-bond donors (Lipinski definition) is 3. The van der Waals surface area contributed by atoms with Gasteiger partial charge in [0, 0.05) is 24.7 Å². The molecular weight excluding hydrogens is 428 g/mol. The fourth-order valence-electron chi connectivity index (χ4n) is 3.85. The van der Waals surface area contributed by atoms with Crippen LogP contribution < -0.4 is 15.6 Å². The Morgan fingerprint density at radius 3 is 2.70 bits per heavy atom. The van der Waals surface area contributed by atoms with Crippen molar-refractivity contribution < 1.29 is 17.6 Å². The third-order valence-electron chi connectivity index (χ3n) is 5.56. The molecule has 10 heteroatoms. The lowest BCUT2D eigenvalue weighted by Gasteiger charge is -2.30. The number of aryl methyl sites for hydroxylation is 1. The van der Waals surface area contributed by atoms with Gasteiger partial charge in [0.25, 0.3) is 10.0 Å². The second-order valence-corrected chi connectivity index (χ2v) is 9.74. The highest BCUT2D eigenvalue weighted by molar-refractivity contribution is 7.92. The molecule has 2 saturated heterocycles. The molecule has 30 heavy (non-hydrogen) atoms. The smallest absolute Gasteiger partial charge is 0.295 e. The van der Waals surface area contributed by atoms with Crippen molar-refractivity contribution in [2.75, 3.05) is 24.4 Å². The van der Waals surface area contributed by atoms with Gasteiger partial charge in [-0.2, -0.15) is 8.42 Å². The Kier molecular flexibility index (Phi) is 6.06. The van der Waals surface area contributed by atoms with Crippen LogP contribution in [0.2, 0.25) is 5.02 Å². The van der Waals surface area contributed by atoms with Gasteiger partial charge >= 0.3 is 0 Å². The number of nitrogens with zero attached hydrogens (tertiary/aromatic N) is 1. The number of carbonyl (C=O) groups excluding carboxylic acids is 1. The zero-order valence-corrected chi connectivity index (χ0v) is 18.2. The number of anilines is 1. The predicted octanol–water partition coefficient (Wildman–Crippen LogP) is 2.82. The van der Waals surface area contributed by atoms with Crippen molar-refractivity contribution >= 4 is 33.2 Å². The van der Waals surface area contributed by atoms with Gasteiger partial charge in [0.1, 0.15) is 5.76 Å². The van der Waals surface area contributed by atoms with Crippen LogP contribution in [0.4, 0.5) is 5.69 Å². The minimum absolute atomic E-state index is 0.0606. The van der Waals surface area contributed by atoms with Gasteiger partial charge in [0.05, 0.1) is 17.6 Å². The monoisotopic (exact) mass is 452 g/mol. The number of halogens is 1. The molecule has 4 rings (SSSR count). The molecule has 2 atom stereocenters. The van der Waals surface area contributed by atoms with Crippen LogP contribution in [0.15, 0.2) is 39.8 Å². The Bertz CT molecular complexity index is 1030. The van der Waals surface area contributed by atoms with Gasteiger partial charge in [0.2, 0.25) is 11.0 Å². The van der Waals surface area contributed by atoms with Gasteiger partial charge in [-0.05, 0) is 56.0 Å². The molecule has 1 aromatic carbocycles. The topological polar surface area (TPSA) is 104 Å². The number of hydrogen-bond acceptors (Lipinski definition) is 6. The second kappa shape index (κ2) is 8.58. The van der Waals surface area contributed by atoms with Gasteiger partial charge in [0.15, 0.2) is 0 Å². The molecule has 0 bridgehead atoms. The fourth-order valence-corrected chi connectivity index (χ4v) is 5.02. The van der Waals surface area contributed by atoms with Crippen molar-refractivity contribution in [2.24, 2.45) is 5.92 Å². The third kappa shape index (κ3) is 4.34. The van der Waals surface area contributed by atoms with Crippen LogP contribution in [0.1, 0.15) is 36.6 Å². The molecule has 162 valence electrons. The maximum atomic E-state index is 12.9. The van der Waals surface area contributed by atoms with Crippen molar-refractivity contribution in [3.63, 3.8) is 0 Å². The van der Waals surface area contributed by atoms with Gasteiger partial charge in [-0.1, -0.05) is 17.7 Å². The van der Waals surface area contributed by atoms with Crippen LogP contribution >= 0.6 is 11.6 Å². The molecule has 1 amide bonds. The molecule has 2 aromatic rings. The van der Waals surface area contributed by atoms with E-state index >= 15 is 0 Å². The first-order chi connectivity index (χ1) is 14.3. The number of sulfonamides is 1. The number of furan rings is 1. The molecule has 2 unspecified atom stereocenters. The highest BCUT2D eigenvalue weighted by Crippen LogP contribution is 2.31. The van der Waals surface area contributed by atoms with Crippen LogP contribution in [0.5, 0.6) is 0 Å². The molecule has 8 nitrogen and oxygen atoms in total. The molecule has 3 N–H and O–H groups in total. The summed E-state index contributed by atoms with van der Waals surface area (Å²) < 4.78 is 33.6. The van der Waals surface area contributed by atoms with Crippen molar-refractivity contribution in [3.05, 3.63) is 46.7 Å². The first-order valence-corrected chi connectivity index (χ1v) is 11.9. The minimum atomic E-state index is -3.93. The number of benzene rings is 1. The maximum Gasteiger partial charge on any atom is 0.295 e. The number of rotatable bonds is 5. The lowest BCUT2D eigenvalue weighted by molar-refractivity contribution is -0.136. The summed E-state index contributed by atoms with van der Waals surface area (Å²) in [5, 5.41) is 0.252. The molecule has 2 aliphatic heterocycles. The minimum Gasteiger partial charge on any atom is -0.446 e. The van der Waals surface area contributed by atoms with Crippen LogP contribution in [0, 0.1) is 12.8 Å². The Hall–Kier alpha value is -2.07. The van der Waals surface area contributed by atoms with Gasteiger partial charge in [-0.3, -0.25) is 14.9 Å². The van der Waals surface area contributed by atoms with E-state index in [0.29, 0.717) is 23.0 Å². The van der Waals surface area contributed by atoms with E-state index in [9.17, 15) is 13.2 Å². The number of piperidine rings is 1.